The predicted molar refractivity (Wildman–Crippen MR) is 102 cm³/mol. The Hall–Kier alpha value is -2.08. The average Bonchev–Trinajstić information content (AvgIpc) is 3.40. The molecule has 2 aromatic rings. The Labute approximate surface area is 154 Å². The van der Waals surface area contributed by atoms with Crippen LogP contribution in [-0.2, 0) is 0 Å². The first-order chi connectivity index (χ1) is 12.8. The van der Waals surface area contributed by atoms with Crippen LogP contribution >= 0.6 is 0 Å². The molecular weight excluding hydrogens is 326 g/mol. The zero-order valence-corrected chi connectivity index (χ0v) is 15.2. The molecule has 6 heteroatoms. The van der Waals surface area contributed by atoms with Crippen molar-refractivity contribution in [3.05, 3.63) is 30.1 Å². The number of nitrogens with zero attached hydrogens (tertiary/aromatic N) is 4. The summed E-state index contributed by atoms with van der Waals surface area (Å²) in [7, 11) is 0. The molecule has 2 unspecified atom stereocenters. The van der Waals surface area contributed by atoms with Gasteiger partial charge in [0.15, 0.2) is 0 Å². The molecule has 6 nitrogen and oxygen atoms in total. The normalized spacial score (nSPS) is 26.4. The van der Waals surface area contributed by atoms with E-state index in [0.29, 0.717) is 17.6 Å². The van der Waals surface area contributed by atoms with Gasteiger partial charge in [-0.3, -0.25) is 4.79 Å². The number of fused-ring (bicyclic) bond motifs is 2. The van der Waals surface area contributed by atoms with E-state index in [1.165, 1.54) is 37.9 Å². The molecule has 0 radical (unpaired) electrons. The summed E-state index contributed by atoms with van der Waals surface area (Å²) in [5.41, 5.74) is 2.80. The molecule has 0 bridgehead atoms. The fourth-order valence-corrected chi connectivity index (χ4v) is 4.94. The zero-order valence-electron chi connectivity index (χ0n) is 15.2. The molecule has 2 aromatic heterocycles. The first-order valence-electron chi connectivity index (χ1n) is 10.1. The molecule has 5 heterocycles. The summed E-state index contributed by atoms with van der Waals surface area (Å²) in [6.07, 6.45) is 10.9. The first kappa shape index (κ1) is 16.1. The van der Waals surface area contributed by atoms with Crippen molar-refractivity contribution in [2.24, 2.45) is 0 Å². The lowest BCUT2D eigenvalue weighted by Gasteiger charge is -2.35. The standard InChI is InChI=1S/C20H27N5O/c26-20(22-15-5-10-24-9-3-4-16(24)12-15)18-14-21-25-11-6-17(13-19(18)25)23-7-1-2-8-23/h6,11,13-16H,1-5,7-10,12H2,(H,22,26). The fraction of sp³-hybridized carbons (Fsp3) is 0.600. The summed E-state index contributed by atoms with van der Waals surface area (Å²) >= 11 is 0. The van der Waals surface area contributed by atoms with Crippen LogP contribution in [-0.4, -0.2) is 58.7 Å². The van der Waals surface area contributed by atoms with Crippen LogP contribution in [0.1, 0.15) is 48.9 Å². The first-order valence-corrected chi connectivity index (χ1v) is 10.1. The SMILES string of the molecule is O=C(NC1CCN2CCCC2C1)c1cnn2ccc(N3CCCC3)cc12. The van der Waals surface area contributed by atoms with Crippen LogP contribution in [0.25, 0.3) is 5.52 Å². The minimum absolute atomic E-state index is 0.0232. The monoisotopic (exact) mass is 353 g/mol. The minimum atomic E-state index is 0.0232. The van der Waals surface area contributed by atoms with E-state index in [-0.39, 0.29) is 5.91 Å². The van der Waals surface area contributed by atoms with Gasteiger partial charge in [-0.1, -0.05) is 0 Å². The topological polar surface area (TPSA) is 52.9 Å². The smallest absolute Gasteiger partial charge is 0.255 e. The van der Waals surface area contributed by atoms with E-state index in [4.69, 9.17) is 0 Å². The summed E-state index contributed by atoms with van der Waals surface area (Å²) in [5, 5.41) is 7.67. The second-order valence-electron chi connectivity index (χ2n) is 7.99. The molecule has 138 valence electrons. The van der Waals surface area contributed by atoms with Gasteiger partial charge in [-0.05, 0) is 57.2 Å². The average molecular weight is 353 g/mol. The van der Waals surface area contributed by atoms with Crippen LogP contribution in [0.2, 0.25) is 0 Å². The van der Waals surface area contributed by atoms with Crippen LogP contribution in [0.4, 0.5) is 5.69 Å². The number of aromatic nitrogens is 2. The van der Waals surface area contributed by atoms with Crippen molar-refractivity contribution in [1.82, 2.24) is 19.8 Å². The molecule has 26 heavy (non-hydrogen) atoms. The second kappa shape index (κ2) is 6.58. The Bertz CT molecular complexity index is 810. The van der Waals surface area contributed by atoms with Crippen LogP contribution in [0.3, 0.4) is 0 Å². The molecule has 0 aromatic carbocycles. The van der Waals surface area contributed by atoms with Crippen molar-refractivity contribution in [3.8, 4) is 0 Å². The molecule has 3 fully saturated rings. The zero-order chi connectivity index (χ0) is 17.5. The Balaban J connectivity index is 1.34. The number of anilines is 1. The van der Waals surface area contributed by atoms with Gasteiger partial charge in [-0.2, -0.15) is 5.10 Å². The molecule has 1 N–H and O–H groups in total. The Morgan fingerprint density at radius 1 is 1.12 bits per heavy atom. The summed E-state index contributed by atoms with van der Waals surface area (Å²) in [4.78, 5) is 17.9. The van der Waals surface area contributed by atoms with Crippen molar-refractivity contribution in [2.45, 2.75) is 50.6 Å². The van der Waals surface area contributed by atoms with Crippen molar-refractivity contribution in [2.75, 3.05) is 31.1 Å². The lowest BCUT2D eigenvalue weighted by atomic mass is 9.97. The van der Waals surface area contributed by atoms with Crippen molar-refractivity contribution in [3.63, 3.8) is 0 Å². The third kappa shape index (κ3) is 2.86. The minimum Gasteiger partial charge on any atom is -0.371 e. The molecule has 2 atom stereocenters. The summed E-state index contributed by atoms with van der Waals surface area (Å²) < 4.78 is 1.81. The number of amides is 1. The number of nitrogens with one attached hydrogen (secondary N) is 1. The molecule has 3 saturated heterocycles. The Morgan fingerprint density at radius 2 is 2.00 bits per heavy atom. The van der Waals surface area contributed by atoms with Gasteiger partial charge in [-0.25, -0.2) is 4.52 Å². The van der Waals surface area contributed by atoms with E-state index < -0.39 is 0 Å². The van der Waals surface area contributed by atoms with Gasteiger partial charge in [-0.15, -0.1) is 0 Å². The van der Waals surface area contributed by atoms with Crippen LogP contribution in [0.5, 0.6) is 0 Å². The molecule has 3 aliphatic heterocycles. The molecule has 3 aliphatic rings. The molecule has 5 rings (SSSR count). The molecular formula is C20H27N5O. The number of hydrogen-bond donors (Lipinski definition) is 1. The lowest BCUT2D eigenvalue weighted by Crippen LogP contribution is -2.47. The maximum Gasteiger partial charge on any atom is 0.255 e. The highest BCUT2D eigenvalue weighted by Gasteiger charge is 2.32. The maximum absolute atomic E-state index is 12.9. The largest absolute Gasteiger partial charge is 0.371 e. The van der Waals surface area contributed by atoms with Gasteiger partial charge in [0, 0.05) is 43.6 Å². The Kier molecular flexibility index (Phi) is 4.08. The van der Waals surface area contributed by atoms with E-state index in [9.17, 15) is 4.79 Å². The number of pyridine rings is 1. The Morgan fingerprint density at radius 3 is 2.88 bits per heavy atom. The maximum atomic E-state index is 12.9. The number of carbonyl (C=O) groups is 1. The molecule has 0 aliphatic carbocycles. The van der Waals surface area contributed by atoms with Gasteiger partial charge < -0.3 is 15.1 Å². The number of carbonyl (C=O) groups excluding carboxylic acids is 1. The van der Waals surface area contributed by atoms with Gasteiger partial charge >= 0.3 is 0 Å². The molecule has 0 spiro atoms. The number of hydrogen-bond acceptors (Lipinski definition) is 4. The van der Waals surface area contributed by atoms with Gasteiger partial charge in [0.05, 0.1) is 17.3 Å². The lowest BCUT2D eigenvalue weighted by molar-refractivity contribution is 0.0898. The van der Waals surface area contributed by atoms with E-state index in [1.807, 2.05) is 10.7 Å². The second-order valence-corrected chi connectivity index (χ2v) is 7.99. The fourth-order valence-electron chi connectivity index (χ4n) is 4.94. The summed E-state index contributed by atoms with van der Waals surface area (Å²) in [6.45, 7) is 4.56. The highest BCUT2D eigenvalue weighted by Crippen LogP contribution is 2.27. The van der Waals surface area contributed by atoms with E-state index >= 15 is 0 Å². The van der Waals surface area contributed by atoms with Crippen LogP contribution in [0.15, 0.2) is 24.5 Å². The van der Waals surface area contributed by atoms with Gasteiger partial charge in [0.1, 0.15) is 0 Å². The van der Waals surface area contributed by atoms with E-state index in [1.54, 1.807) is 6.20 Å². The van der Waals surface area contributed by atoms with Gasteiger partial charge in [0.2, 0.25) is 0 Å². The highest BCUT2D eigenvalue weighted by atomic mass is 16.1. The van der Waals surface area contributed by atoms with Crippen molar-refractivity contribution in [1.29, 1.82) is 0 Å². The van der Waals surface area contributed by atoms with Crippen LogP contribution in [0, 0.1) is 0 Å². The molecule has 1 amide bonds. The summed E-state index contributed by atoms with van der Waals surface area (Å²) in [6, 6.07) is 5.17. The molecule has 0 saturated carbocycles. The van der Waals surface area contributed by atoms with E-state index in [2.05, 4.69) is 32.3 Å². The third-order valence-corrected chi connectivity index (χ3v) is 6.38. The highest BCUT2D eigenvalue weighted by molar-refractivity contribution is 6.01. The van der Waals surface area contributed by atoms with Crippen LogP contribution < -0.4 is 10.2 Å². The van der Waals surface area contributed by atoms with Gasteiger partial charge in [0.25, 0.3) is 5.91 Å². The summed E-state index contributed by atoms with van der Waals surface area (Å²) in [5.74, 6) is 0.0232. The number of rotatable bonds is 3. The van der Waals surface area contributed by atoms with E-state index in [0.717, 1.165) is 38.0 Å². The van der Waals surface area contributed by atoms with Crippen molar-refractivity contribution < 1.29 is 4.79 Å². The number of piperidine rings is 1. The quantitative estimate of drug-likeness (QED) is 0.920. The third-order valence-electron chi connectivity index (χ3n) is 6.38. The predicted octanol–water partition coefficient (Wildman–Crippen LogP) is 2.29. The van der Waals surface area contributed by atoms with Crippen molar-refractivity contribution >= 4 is 17.1 Å².